The minimum absolute atomic E-state index is 0.317. The number of para-hydroxylation sites is 2. The van der Waals surface area contributed by atoms with Gasteiger partial charge >= 0.3 is 0 Å². The molecule has 0 bridgehead atoms. The van der Waals surface area contributed by atoms with Crippen LogP contribution in [0.5, 0.6) is 23.0 Å². The second-order valence-electron chi connectivity index (χ2n) is 29.8. The standard InChI is InChI=1S/C103H66N4O2/c1-101(2)89-57-70(63-40-44-67(45-41-63)93-61-91(65-22-5-3-6-23-65)105-100(106-93)74-27-21-26-69(56-74)72-51-55-88-98(60-72)109-96-39-20-18-37-86(96)103(88)83-34-15-11-30-77(83)78-31-12-16-35-84(78)103)48-52-79(89)80-53-49-73(58-90(80)101)94-62-92(66-24-7-4-8-25-66)104-99(107-94)68-46-42-64(43-47-68)71-50-54-87-97(59-71)108-95-38-19-17-36-85(95)102(87)81-32-13-9-28-75(81)76-29-10-14-33-82(76)102/h3-62H,1-2H3. The number of benzene rings is 15. The first-order valence-corrected chi connectivity index (χ1v) is 37.5. The van der Waals surface area contributed by atoms with Gasteiger partial charge in [-0.3, -0.25) is 0 Å². The zero-order valence-electron chi connectivity index (χ0n) is 59.7. The Labute approximate surface area is 632 Å². The second-order valence-corrected chi connectivity index (χ2v) is 29.8. The van der Waals surface area contributed by atoms with Crippen LogP contribution < -0.4 is 9.47 Å². The third kappa shape index (κ3) is 9.47. The fraction of sp³-hybridized carbons (Fsp3) is 0.0485. The zero-order valence-corrected chi connectivity index (χ0v) is 59.7. The van der Waals surface area contributed by atoms with Gasteiger partial charge in [-0.15, -0.1) is 0 Å². The molecule has 0 fully saturated rings. The summed E-state index contributed by atoms with van der Waals surface area (Å²) < 4.78 is 13.8. The van der Waals surface area contributed by atoms with Crippen LogP contribution in [0.15, 0.2) is 364 Å². The van der Waals surface area contributed by atoms with Gasteiger partial charge in [0.25, 0.3) is 0 Å². The summed E-state index contributed by atoms with van der Waals surface area (Å²) in [4.78, 5) is 21.4. The molecule has 6 nitrogen and oxygen atoms in total. The maximum absolute atomic E-state index is 6.93. The van der Waals surface area contributed by atoms with E-state index in [1.807, 2.05) is 12.1 Å². The zero-order chi connectivity index (χ0) is 72.1. The molecule has 15 aromatic carbocycles. The van der Waals surface area contributed by atoms with Crippen molar-refractivity contribution in [3.8, 4) is 158 Å². The summed E-state index contributed by atoms with van der Waals surface area (Å²) >= 11 is 0. The number of fused-ring (bicyclic) bond motifs is 21. The van der Waals surface area contributed by atoms with Crippen LogP contribution >= 0.6 is 0 Å². The normalized spacial score (nSPS) is 14.0. The number of aromatic nitrogens is 4. The number of rotatable bonds is 9. The van der Waals surface area contributed by atoms with Crippen LogP contribution in [0.2, 0.25) is 0 Å². The lowest BCUT2D eigenvalue weighted by Gasteiger charge is -2.39. The van der Waals surface area contributed by atoms with Crippen LogP contribution in [0.25, 0.3) is 135 Å². The molecule has 0 radical (unpaired) electrons. The van der Waals surface area contributed by atoms with E-state index in [1.165, 1.54) is 66.8 Å². The first-order valence-electron chi connectivity index (χ1n) is 37.5. The largest absolute Gasteiger partial charge is 0.457 e. The minimum Gasteiger partial charge on any atom is -0.457 e. The SMILES string of the molecule is CC1(C)c2cc(-c3ccc(-c4cc(-c5ccccc5)nc(-c5cccc(-c6ccc7c(c6)Oc6ccccc6C76c7ccccc7-c7ccccc76)c5)n4)cc3)ccc2-c2ccc(-c3cc(-c4ccccc4)nc(-c4ccc(-c5ccc6c(c5)Oc5ccccc5C65c6ccccc6-c6ccccc65)cc4)n3)cc21. The lowest BCUT2D eigenvalue weighted by molar-refractivity contribution is 0.436. The van der Waals surface area contributed by atoms with E-state index in [9.17, 15) is 0 Å². The van der Waals surface area contributed by atoms with Crippen LogP contribution in [0.4, 0.5) is 0 Å². The summed E-state index contributed by atoms with van der Waals surface area (Å²) in [5.74, 6) is 4.76. The molecule has 0 saturated carbocycles. The highest BCUT2D eigenvalue weighted by atomic mass is 16.5. The van der Waals surface area contributed by atoms with Crippen LogP contribution in [0.1, 0.15) is 69.5 Å². The molecule has 0 unspecified atom stereocenters. The first kappa shape index (κ1) is 62.4. The Kier molecular flexibility index (Phi) is 13.8. The number of ether oxygens (including phenoxy) is 2. The average Bonchev–Trinajstić information content (AvgIpc) is 1.60. The Morgan fingerprint density at radius 1 is 0.183 bits per heavy atom. The fourth-order valence-electron chi connectivity index (χ4n) is 18.6. The highest BCUT2D eigenvalue weighted by molar-refractivity contribution is 5.93. The molecule has 0 saturated heterocycles. The van der Waals surface area contributed by atoms with Gasteiger partial charge in [0.05, 0.1) is 33.6 Å². The van der Waals surface area contributed by atoms with Crippen molar-refractivity contribution >= 4 is 0 Å². The smallest absolute Gasteiger partial charge is 0.160 e. The van der Waals surface area contributed by atoms with E-state index in [4.69, 9.17) is 29.4 Å². The van der Waals surface area contributed by atoms with Gasteiger partial charge < -0.3 is 9.47 Å². The summed E-state index contributed by atoms with van der Waals surface area (Å²) in [5.41, 5.74) is 34.3. The van der Waals surface area contributed by atoms with Crippen molar-refractivity contribution in [2.45, 2.75) is 30.1 Å². The Bertz CT molecular complexity index is 6550. The van der Waals surface area contributed by atoms with Crippen molar-refractivity contribution in [2.24, 2.45) is 0 Å². The lowest BCUT2D eigenvalue weighted by Crippen LogP contribution is -2.32. The number of hydrogen-bond donors (Lipinski definition) is 0. The number of nitrogens with zero attached hydrogens (tertiary/aromatic N) is 4. The van der Waals surface area contributed by atoms with E-state index in [-0.39, 0.29) is 5.41 Å². The van der Waals surface area contributed by atoms with Crippen molar-refractivity contribution in [2.75, 3.05) is 0 Å². The van der Waals surface area contributed by atoms with Crippen molar-refractivity contribution in [1.82, 2.24) is 19.9 Å². The Morgan fingerprint density at radius 2 is 0.477 bits per heavy atom. The lowest BCUT2D eigenvalue weighted by atomic mass is 9.66. The molecule has 22 rings (SSSR count). The van der Waals surface area contributed by atoms with Crippen molar-refractivity contribution in [3.63, 3.8) is 0 Å². The summed E-state index contributed by atoms with van der Waals surface area (Å²) in [6, 6.07) is 131. The molecule has 0 atom stereocenters. The van der Waals surface area contributed by atoms with E-state index in [0.29, 0.717) is 11.6 Å². The van der Waals surface area contributed by atoms with Gasteiger partial charge in [-0.2, -0.15) is 0 Å². The highest BCUT2D eigenvalue weighted by Crippen LogP contribution is 2.65. The van der Waals surface area contributed by atoms with Gasteiger partial charge in [0.2, 0.25) is 0 Å². The van der Waals surface area contributed by atoms with Gasteiger partial charge in [0.1, 0.15) is 23.0 Å². The van der Waals surface area contributed by atoms with Crippen molar-refractivity contribution < 1.29 is 9.47 Å². The van der Waals surface area contributed by atoms with Crippen LogP contribution in [-0.2, 0) is 16.2 Å². The Balaban J connectivity index is 0.557. The van der Waals surface area contributed by atoms with Gasteiger partial charge in [0.15, 0.2) is 11.6 Å². The second kappa shape index (κ2) is 24.0. The Morgan fingerprint density at radius 3 is 0.954 bits per heavy atom. The molecule has 109 heavy (non-hydrogen) atoms. The summed E-state index contributed by atoms with van der Waals surface area (Å²) in [6.45, 7) is 4.71. The van der Waals surface area contributed by atoms with Gasteiger partial charge in [-0.05, 0) is 155 Å². The van der Waals surface area contributed by atoms with E-state index in [1.54, 1.807) is 0 Å². The summed E-state index contributed by atoms with van der Waals surface area (Å²) in [5, 5.41) is 0. The highest BCUT2D eigenvalue weighted by Gasteiger charge is 2.53. The molecule has 17 aromatic rings. The maximum atomic E-state index is 6.93. The third-order valence-corrected chi connectivity index (χ3v) is 23.7. The van der Waals surface area contributed by atoms with E-state index in [0.717, 1.165) is 135 Å². The maximum Gasteiger partial charge on any atom is 0.160 e. The molecule has 5 aliphatic rings. The molecule has 2 aliphatic heterocycles. The third-order valence-electron chi connectivity index (χ3n) is 23.7. The molecule has 3 aliphatic carbocycles. The van der Waals surface area contributed by atoms with Gasteiger partial charge in [-0.25, -0.2) is 19.9 Å². The predicted molar refractivity (Wildman–Crippen MR) is 439 cm³/mol. The molecular formula is C103H66N4O2. The first-order chi connectivity index (χ1) is 53.7. The average molecular weight is 1390 g/mol. The van der Waals surface area contributed by atoms with E-state index >= 15 is 0 Å². The quantitative estimate of drug-likeness (QED) is 0.143. The van der Waals surface area contributed by atoms with Gasteiger partial charge in [-0.1, -0.05) is 323 Å². The fourth-order valence-corrected chi connectivity index (χ4v) is 18.6. The molecular weight excluding hydrogens is 1330 g/mol. The predicted octanol–water partition coefficient (Wildman–Crippen LogP) is 25.5. The molecule has 0 amide bonds. The molecule has 6 heteroatoms. The molecule has 2 aromatic heterocycles. The Hall–Kier alpha value is -13.9. The number of hydrogen-bond acceptors (Lipinski definition) is 6. The molecule has 0 N–H and O–H groups in total. The monoisotopic (exact) mass is 1390 g/mol. The van der Waals surface area contributed by atoms with Crippen LogP contribution in [-0.4, -0.2) is 19.9 Å². The van der Waals surface area contributed by atoms with Crippen molar-refractivity contribution in [1.29, 1.82) is 0 Å². The van der Waals surface area contributed by atoms with E-state index in [2.05, 4.69) is 366 Å². The van der Waals surface area contributed by atoms with Crippen LogP contribution in [0, 0.1) is 0 Å². The van der Waals surface area contributed by atoms with E-state index < -0.39 is 10.8 Å². The minimum atomic E-state index is -0.531. The van der Waals surface area contributed by atoms with Gasteiger partial charge in [0, 0.05) is 61.0 Å². The summed E-state index contributed by atoms with van der Waals surface area (Å²) in [7, 11) is 0. The van der Waals surface area contributed by atoms with Crippen LogP contribution in [0.3, 0.4) is 0 Å². The molecule has 2 spiro atoms. The molecule has 510 valence electrons. The topological polar surface area (TPSA) is 70.0 Å². The van der Waals surface area contributed by atoms with Crippen molar-refractivity contribution in [3.05, 3.63) is 420 Å². The molecule has 4 heterocycles. The summed E-state index contributed by atoms with van der Waals surface area (Å²) in [6.07, 6.45) is 0.